The van der Waals surface area contributed by atoms with Gasteiger partial charge in [0.1, 0.15) is 36.2 Å². The number of para-hydroxylation sites is 2. The van der Waals surface area contributed by atoms with Gasteiger partial charge in [0.25, 0.3) is 12.5 Å². The summed E-state index contributed by atoms with van der Waals surface area (Å²) in [7, 11) is 6.86. The van der Waals surface area contributed by atoms with Gasteiger partial charge >= 0.3 is 49.7 Å². The van der Waals surface area contributed by atoms with Crippen LogP contribution in [-0.4, -0.2) is 113 Å². The quantitative estimate of drug-likeness (QED) is 0.0198. The fourth-order valence-corrected chi connectivity index (χ4v) is 5.53. The predicted octanol–water partition coefficient (Wildman–Crippen LogP) is -0.758. The molecule has 4 rings (SSSR count). The van der Waals surface area contributed by atoms with Crippen molar-refractivity contribution in [3.63, 3.8) is 0 Å². The largest absolute Gasteiger partial charge is 2.00 e. The topological polar surface area (TPSA) is 177 Å². The molecule has 0 radical (unpaired) electrons. The minimum Gasteiger partial charge on any atom is -1.00 e. The number of halogens is 4. The molecule has 19 heteroatoms. The van der Waals surface area contributed by atoms with Crippen LogP contribution in [0.5, 0.6) is 23.0 Å². The van der Waals surface area contributed by atoms with Crippen LogP contribution in [0.25, 0.3) is 0 Å². The molecular weight excluding hydrogens is 1030 g/mol. The van der Waals surface area contributed by atoms with E-state index in [1.807, 2.05) is 78.9 Å². The van der Waals surface area contributed by atoms with Crippen molar-refractivity contribution in [1.29, 1.82) is 0 Å². The van der Waals surface area contributed by atoms with Crippen LogP contribution in [-0.2, 0) is 50.1 Å². The van der Waals surface area contributed by atoms with Gasteiger partial charge in [-0.25, -0.2) is 19.8 Å². The third-order valence-corrected chi connectivity index (χ3v) is 8.55. The summed E-state index contributed by atoms with van der Waals surface area (Å²) < 4.78 is 37.2. The Labute approximate surface area is 395 Å². The summed E-state index contributed by atoms with van der Waals surface area (Å²) in [6.45, 7) is 1.18. The molecule has 4 aromatic rings. The van der Waals surface area contributed by atoms with Gasteiger partial charge in [-0.15, -0.1) is 0 Å². The maximum atomic E-state index is 11.9. The van der Waals surface area contributed by atoms with E-state index < -0.39 is 18.2 Å². The van der Waals surface area contributed by atoms with Gasteiger partial charge in [0.15, 0.2) is 6.54 Å². The van der Waals surface area contributed by atoms with E-state index in [2.05, 4.69) is 64.9 Å². The number of carbonyl (C=O) groups excluding carboxylic acids is 2. The Hall–Kier alpha value is -2.37. The van der Waals surface area contributed by atoms with Gasteiger partial charge in [-0.2, -0.15) is 0 Å². The molecule has 0 aliphatic rings. The second-order valence-electron chi connectivity index (χ2n) is 10.4. The zero-order valence-corrected chi connectivity index (χ0v) is 39.2. The second-order valence-corrected chi connectivity index (χ2v) is 12.7. The van der Waals surface area contributed by atoms with Crippen molar-refractivity contribution in [2.45, 2.75) is 32.6 Å². The molecule has 0 bridgehead atoms. The monoisotopic (exact) mass is 1070 g/mol. The molecule has 302 valence electrons. The van der Waals surface area contributed by atoms with Crippen LogP contribution < -0.4 is 49.2 Å². The summed E-state index contributed by atoms with van der Waals surface area (Å²) in [5.74, 6) is 1.55. The standard InChI is InChI=1S/C18H18INO5.C15H16INO3.C4H8O4.Ca.2ClH/c1-23-15-8-6-13(7-9-15)12-25-18-14(4-3-5-16(18)19)10-20(22)11-17(21)24-2;1-19-13-7-5-11(6-8-13)10-20-15-12(9-17-18)3-2-4-14(15)16;1-7-3(5)4(6)8-2;;;/h3-9,11H,10,12H2,1-2H3;2-8,17-18H,9-10H2,1H3;3,5H,1-2H3;;2*1H/q;;;+2;;/p-2/b20-11-;;;;;. The van der Waals surface area contributed by atoms with Crippen molar-refractivity contribution >= 4 is 101 Å². The zero-order valence-electron chi connectivity index (χ0n) is 31.2. The predicted molar refractivity (Wildman–Crippen MR) is 218 cm³/mol. The van der Waals surface area contributed by atoms with Gasteiger partial charge in [0.2, 0.25) is 0 Å². The fourth-order valence-electron chi connectivity index (χ4n) is 4.11. The molecule has 0 aliphatic heterocycles. The van der Waals surface area contributed by atoms with Crippen LogP contribution in [0.15, 0.2) is 84.9 Å². The van der Waals surface area contributed by atoms with Crippen LogP contribution >= 0.6 is 45.2 Å². The van der Waals surface area contributed by atoms with Gasteiger partial charge in [-0.1, -0.05) is 42.5 Å². The number of nitrogens with one attached hydrogen (secondary N) is 1. The number of ether oxygens (including phenoxy) is 7. The van der Waals surface area contributed by atoms with Crippen molar-refractivity contribution in [2.24, 2.45) is 0 Å². The van der Waals surface area contributed by atoms with E-state index >= 15 is 0 Å². The Balaban J connectivity index is 0. The molecule has 0 amide bonds. The normalized spacial score (nSPS) is 10.5. The number of aliphatic hydroxyl groups excluding tert-OH is 1. The Morgan fingerprint density at radius 2 is 1.20 bits per heavy atom. The van der Waals surface area contributed by atoms with E-state index in [0.717, 1.165) is 47.3 Å². The van der Waals surface area contributed by atoms with E-state index in [0.29, 0.717) is 35.8 Å². The van der Waals surface area contributed by atoms with Crippen molar-refractivity contribution in [3.05, 3.63) is 120 Å². The molecular formula is C37H42CaCl2I2N2O12. The SMILES string of the molecule is COC(=O)/C=[N+](\[O-])Cc1cccc(I)c1OCc1ccc(OC)cc1.COC(=O)C(O)OC.COc1ccc(COc2c(I)cccc2CNO)cc1.[Ca+2].[Cl-].[Cl-]. The number of carbonyl (C=O) groups is 2. The summed E-state index contributed by atoms with van der Waals surface area (Å²) in [5, 5.41) is 29.2. The number of hydrogen-bond donors (Lipinski definition) is 3. The average Bonchev–Trinajstić information content (AvgIpc) is 3.17. The van der Waals surface area contributed by atoms with Gasteiger partial charge in [0, 0.05) is 19.2 Å². The third kappa shape index (κ3) is 20.4. The molecule has 0 aromatic heterocycles. The molecule has 0 saturated heterocycles. The van der Waals surface area contributed by atoms with Crippen LogP contribution in [0.2, 0.25) is 0 Å². The number of esters is 2. The molecule has 4 aromatic carbocycles. The van der Waals surface area contributed by atoms with E-state index in [9.17, 15) is 14.8 Å². The van der Waals surface area contributed by atoms with Crippen molar-refractivity contribution in [2.75, 3.05) is 35.5 Å². The Morgan fingerprint density at radius 1 is 0.750 bits per heavy atom. The molecule has 1 atom stereocenters. The van der Waals surface area contributed by atoms with Crippen LogP contribution in [0.1, 0.15) is 22.3 Å². The summed E-state index contributed by atoms with van der Waals surface area (Å²) in [6.07, 6.45) is -0.576. The van der Waals surface area contributed by atoms with Crippen molar-refractivity contribution in [3.8, 4) is 23.0 Å². The summed E-state index contributed by atoms with van der Waals surface area (Å²) in [6, 6.07) is 26.7. The first kappa shape index (κ1) is 55.7. The first-order chi connectivity index (χ1) is 25.5. The minimum absolute atomic E-state index is 0. The van der Waals surface area contributed by atoms with Gasteiger partial charge < -0.3 is 73.5 Å². The van der Waals surface area contributed by atoms with E-state index in [1.54, 1.807) is 20.3 Å². The maximum absolute atomic E-state index is 11.9. The number of methoxy groups -OCH3 is 5. The number of hydroxylamine groups is 2. The number of hydrogen-bond acceptors (Lipinski definition) is 13. The first-order valence-corrected chi connectivity index (χ1v) is 17.7. The minimum atomic E-state index is -1.44. The number of rotatable bonds is 15. The molecule has 1 unspecified atom stereocenters. The number of aliphatic hydroxyl groups is 1. The number of benzene rings is 4. The average molecular weight is 1070 g/mol. The Bertz CT molecular complexity index is 1760. The molecule has 0 aliphatic carbocycles. The van der Waals surface area contributed by atoms with E-state index in [-0.39, 0.29) is 69.1 Å². The van der Waals surface area contributed by atoms with Crippen molar-refractivity contribution < 1.29 is 82.6 Å². The van der Waals surface area contributed by atoms with Crippen LogP contribution in [0.3, 0.4) is 0 Å². The molecule has 0 heterocycles. The van der Waals surface area contributed by atoms with Gasteiger partial charge in [-0.3, -0.25) is 0 Å². The van der Waals surface area contributed by atoms with Crippen LogP contribution in [0.4, 0.5) is 0 Å². The number of nitrogens with zero attached hydrogens (tertiary/aromatic N) is 1. The summed E-state index contributed by atoms with van der Waals surface area (Å²) >= 11 is 4.38. The molecule has 56 heavy (non-hydrogen) atoms. The van der Waals surface area contributed by atoms with Crippen molar-refractivity contribution in [1.82, 2.24) is 5.48 Å². The zero-order chi connectivity index (χ0) is 39.2. The van der Waals surface area contributed by atoms with E-state index in [1.165, 1.54) is 21.3 Å². The molecule has 0 spiro atoms. The smallest absolute Gasteiger partial charge is 1.00 e. The first-order valence-electron chi connectivity index (χ1n) is 15.6. The Morgan fingerprint density at radius 3 is 1.57 bits per heavy atom. The fraction of sp³-hybridized carbons (Fsp3) is 0.270. The molecule has 0 saturated carbocycles. The van der Waals surface area contributed by atoms with E-state index in [4.69, 9.17) is 29.3 Å². The van der Waals surface area contributed by atoms with Gasteiger partial charge in [0.05, 0.1) is 41.1 Å². The summed E-state index contributed by atoms with van der Waals surface area (Å²) in [4.78, 5) is 21.3. The van der Waals surface area contributed by atoms with Crippen LogP contribution in [0, 0.1) is 12.3 Å². The second kappa shape index (κ2) is 31.6. The molecule has 14 nitrogen and oxygen atoms in total. The maximum Gasteiger partial charge on any atom is 2.00 e. The molecule has 3 N–H and O–H groups in total. The summed E-state index contributed by atoms with van der Waals surface area (Å²) in [5.41, 5.74) is 5.82. The van der Waals surface area contributed by atoms with Gasteiger partial charge in [-0.05, 0) is 98.8 Å². The third-order valence-electron chi connectivity index (χ3n) is 6.85. The Kier molecular flexibility index (Phi) is 31.4. The molecule has 0 fully saturated rings.